The second kappa shape index (κ2) is 7.50. The van der Waals surface area contributed by atoms with Crippen molar-refractivity contribution in [3.8, 4) is 11.4 Å². The zero-order chi connectivity index (χ0) is 19.8. The summed E-state index contributed by atoms with van der Waals surface area (Å²) in [4.78, 5) is 25.8. The maximum Gasteiger partial charge on any atom is 0.222 e. The molecule has 2 aromatic rings. The zero-order valence-corrected chi connectivity index (χ0v) is 17.0. The second-order valence-corrected chi connectivity index (χ2v) is 8.67. The summed E-state index contributed by atoms with van der Waals surface area (Å²) in [6.45, 7) is 4.59. The van der Waals surface area contributed by atoms with E-state index in [0.29, 0.717) is 12.3 Å². The fourth-order valence-corrected chi connectivity index (χ4v) is 5.06. The lowest BCUT2D eigenvalue weighted by atomic mass is 9.83. The fraction of sp³-hybridized carbons (Fsp3) is 0.522. The molecule has 6 nitrogen and oxygen atoms in total. The number of hydrogen-bond donors (Lipinski definition) is 0. The highest BCUT2D eigenvalue weighted by molar-refractivity contribution is 5.78. The van der Waals surface area contributed by atoms with Crippen molar-refractivity contribution in [3.05, 3.63) is 47.8 Å². The molecule has 1 aromatic heterocycles. The number of rotatable bonds is 3. The Kier molecular flexibility index (Phi) is 4.84. The van der Waals surface area contributed by atoms with Gasteiger partial charge in [-0.2, -0.15) is 0 Å². The highest BCUT2D eigenvalue weighted by atomic mass is 16.5. The van der Waals surface area contributed by atoms with E-state index in [1.165, 1.54) is 5.56 Å². The third-order valence-corrected chi connectivity index (χ3v) is 6.68. The van der Waals surface area contributed by atoms with E-state index in [2.05, 4.69) is 22.0 Å². The van der Waals surface area contributed by atoms with Crippen LogP contribution in [0.1, 0.15) is 30.5 Å². The van der Waals surface area contributed by atoms with Crippen LogP contribution < -0.4 is 0 Å². The van der Waals surface area contributed by atoms with Gasteiger partial charge in [0.05, 0.1) is 12.3 Å². The molecule has 2 fully saturated rings. The highest BCUT2D eigenvalue weighted by Gasteiger charge is 2.43. The van der Waals surface area contributed by atoms with Crippen molar-refractivity contribution < 1.29 is 9.53 Å². The van der Waals surface area contributed by atoms with Gasteiger partial charge in [-0.15, -0.1) is 0 Å². The summed E-state index contributed by atoms with van der Waals surface area (Å²) in [5.41, 5.74) is 3.07. The summed E-state index contributed by atoms with van der Waals surface area (Å²) in [5.74, 6) is 1.51. The van der Waals surface area contributed by atoms with Gasteiger partial charge in [-0.05, 0) is 30.7 Å². The number of amides is 1. The van der Waals surface area contributed by atoms with E-state index in [9.17, 15) is 4.79 Å². The van der Waals surface area contributed by atoms with Crippen molar-refractivity contribution in [2.75, 3.05) is 39.8 Å². The molecule has 0 N–H and O–H groups in total. The van der Waals surface area contributed by atoms with Gasteiger partial charge in [0.15, 0.2) is 5.82 Å². The molecule has 29 heavy (non-hydrogen) atoms. The molecule has 4 heterocycles. The largest absolute Gasteiger partial charge is 0.368 e. The zero-order valence-electron chi connectivity index (χ0n) is 17.0. The van der Waals surface area contributed by atoms with Crippen molar-refractivity contribution in [2.24, 2.45) is 5.92 Å². The van der Waals surface area contributed by atoms with Crippen LogP contribution >= 0.6 is 0 Å². The predicted octanol–water partition coefficient (Wildman–Crippen LogP) is 2.49. The average molecular weight is 393 g/mol. The highest BCUT2D eigenvalue weighted by Crippen LogP contribution is 2.41. The molecule has 152 valence electrons. The number of carbonyl (C=O) groups is 1. The second-order valence-electron chi connectivity index (χ2n) is 8.67. The lowest BCUT2D eigenvalue weighted by Crippen LogP contribution is -2.48. The molecule has 1 aromatic carbocycles. The Labute approximate surface area is 171 Å². The number of piperidine rings is 1. The van der Waals surface area contributed by atoms with Crippen LogP contribution in [0.3, 0.4) is 0 Å². The first-order chi connectivity index (χ1) is 14.1. The van der Waals surface area contributed by atoms with Crippen LogP contribution in [0.2, 0.25) is 0 Å². The molecule has 0 saturated carbocycles. The molecule has 1 unspecified atom stereocenters. The van der Waals surface area contributed by atoms with Gasteiger partial charge in [-0.25, -0.2) is 9.97 Å². The van der Waals surface area contributed by atoms with E-state index in [1.54, 1.807) is 0 Å². The fourth-order valence-electron chi connectivity index (χ4n) is 5.06. The maximum atomic E-state index is 11.8. The normalized spacial score (nSPS) is 24.1. The van der Waals surface area contributed by atoms with E-state index >= 15 is 0 Å². The summed E-state index contributed by atoms with van der Waals surface area (Å²) in [5, 5.41) is 0. The van der Waals surface area contributed by atoms with Crippen molar-refractivity contribution in [2.45, 2.75) is 31.3 Å². The molecule has 3 aliphatic rings. The average Bonchev–Trinajstić information content (AvgIpc) is 3.07. The molecular formula is C23H28N4O2. The van der Waals surface area contributed by atoms with Gasteiger partial charge >= 0.3 is 0 Å². The van der Waals surface area contributed by atoms with Crippen LogP contribution in [0.15, 0.2) is 36.5 Å². The molecule has 2 saturated heterocycles. The molecule has 5 rings (SSSR count). The van der Waals surface area contributed by atoms with Gasteiger partial charge in [-0.3, -0.25) is 4.79 Å². The minimum absolute atomic E-state index is 0.276. The Bertz CT molecular complexity index is 893. The standard InChI is InChI=1S/C23H28N4O2/c1-26-15-17(13-20(26)28)16-27-10-8-23(9-11-27)21-19(7-12-29-23)14-24-22(25-21)18-5-3-2-4-6-18/h2-6,14,17H,7-13,15-16H2,1H3. The van der Waals surface area contributed by atoms with Gasteiger partial charge in [0.25, 0.3) is 0 Å². The van der Waals surface area contributed by atoms with Gasteiger partial charge in [0.1, 0.15) is 5.60 Å². The van der Waals surface area contributed by atoms with E-state index in [1.807, 2.05) is 36.3 Å². The monoisotopic (exact) mass is 392 g/mol. The molecule has 3 aliphatic heterocycles. The van der Waals surface area contributed by atoms with E-state index in [-0.39, 0.29) is 11.5 Å². The van der Waals surface area contributed by atoms with Crippen LogP contribution in [0, 0.1) is 5.92 Å². The molecule has 0 aliphatic carbocycles. The van der Waals surface area contributed by atoms with Crippen LogP contribution in [0.4, 0.5) is 0 Å². The Morgan fingerprint density at radius 3 is 2.72 bits per heavy atom. The molecular weight excluding hydrogens is 364 g/mol. The van der Waals surface area contributed by atoms with Crippen molar-refractivity contribution in [3.63, 3.8) is 0 Å². The minimum atomic E-state index is -0.293. The Hall–Kier alpha value is -2.31. The Balaban J connectivity index is 1.33. The number of hydrogen-bond acceptors (Lipinski definition) is 5. The Morgan fingerprint density at radius 1 is 1.21 bits per heavy atom. The van der Waals surface area contributed by atoms with E-state index in [4.69, 9.17) is 9.72 Å². The summed E-state index contributed by atoms with van der Waals surface area (Å²) >= 11 is 0. The van der Waals surface area contributed by atoms with Gasteiger partial charge in [0, 0.05) is 51.4 Å². The van der Waals surface area contributed by atoms with Gasteiger partial charge < -0.3 is 14.5 Å². The SMILES string of the molecule is CN1CC(CN2CCC3(CC2)OCCc2cnc(-c4ccccc4)nc23)CC1=O. The van der Waals surface area contributed by atoms with Crippen molar-refractivity contribution >= 4 is 5.91 Å². The van der Waals surface area contributed by atoms with E-state index < -0.39 is 0 Å². The molecule has 0 radical (unpaired) electrons. The summed E-state index contributed by atoms with van der Waals surface area (Å²) in [6, 6.07) is 10.2. The summed E-state index contributed by atoms with van der Waals surface area (Å²) in [7, 11) is 1.91. The number of likely N-dealkylation sites (tertiary alicyclic amines) is 2. The lowest BCUT2D eigenvalue weighted by molar-refractivity contribution is -0.126. The first-order valence-electron chi connectivity index (χ1n) is 10.6. The van der Waals surface area contributed by atoms with Crippen LogP contribution in [-0.4, -0.2) is 65.5 Å². The van der Waals surface area contributed by atoms with Crippen molar-refractivity contribution in [1.82, 2.24) is 19.8 Å². The minimum Gasteiger partial charge on any atom is -0.368 e. The summed E-state index contributed by atoms with van der Waals surface area (Å²) in [6.07, 6.45) is 5.46. The van der Waals surface area contributed by atoms with Gasteiger partial charge in [0.2, 0.25) is 5.91 Å². The lowest BCUT2D eigenvalue weighted by Gasteiger charge is -2.44. The van der Waals surface area contributed by atoms with E-state index in [0.717, 1.165) is 69.1 Å². The number of benzene rings is 1. The number of fused-ring (bicyclic) bond motifs is 2. The molecule has 1 spiro atoms. The third-order valence-electron chi connectivity index (χ3n) is 6.68. The topological polar surface area (TPSA) is 58.6 Å². The Morgan fingerprint density at radius 2 is 2.00 bits per heavy atom. The number of carbonyl (C=O) groups excluding carboxylic acids is 1. The molecule has 1 amide bonds. The third kappa shape index (κ3) is 3.55. The smallest absolute Gasteiger partial charge is 0.222 e. The first kappa shape index (κ1) is 18.7. The number of ether oxygens (including phenoxy) is 1. The molecule has 0 bridgehead atoms. The molecule has 6 heteroatoms. The molecule has 1 atom stereocenters. The predicted molar refractivity (Wildman–Crippen MR) is 110 cm³/mol. The van der Waals surface area contributed by atoms with Crippen LogP contribution in [0.5, 0.6) is 0 Å². The van der Waals surface area contributed by atoms with Gasteiger partial charge in [-0.1, -0.05) is 30.3 Å². The number of nitrogens with zero attached hydrogens (tertiary/aromatic N) is 4. The quantitative estimate of drug-likeness (QED) is 0.803. The van der Waals surface area contributed by atoms with Crippen LogP contribution in [-0.2, 0) is 21.6 Å². The van der Waals surface area contributed by atoms with Crippen LogP contribution in [0.25, 0.3) is 11.4 Å². The summed E-state index contributed by atoms with van der Waals surface area (Å²) < 4.78 is 6.40. The first-order valence-corrected chi connectivity index (χ1v) is 10.6. The number of aromatic nitrogens is 2. The van der Waals surface area contributed by atoms with Crippen molar-refractivity contribution in [1.29, 1.82) is 0 Å². The maximum absolute atomic E-state index is 11.8.